The van der Waals surface area contributed by atoms with Crippen molar-refractivity contribution in [3.63, 3.8) is 0 Å². The molecule has 18 heavy (non-hydrogen) atoms. The molecule has 100 valence electrons. The molecule has 1 saturated heterocycles. The molecule has 1 aromatic carbocycles. The first-order valence-electron chi connectivity index (χ1n) is 6.37. The Morgan fingerprint density at radius 2 is 2.11 bits per heavy atom. The summed E-state index contributed by atoms with van der Waals surface area (Å²) < 4.78 is 36.9. The van der Waals surface area contributed by atoms with E-state index in [0.717, 1.165) is 44.4 Å². The van der Waals surface area contributed by atoms with Crippen LogP contribution in [0.2, 0.25) is 0 Å². The topological polar surface area (TPSA) is 18.5 Å². The minimum Gasteiger partial charge on any atom is -0.493 e. The van der Waals surface area contributed by atoms with Crippen LogP contribution in [0.3, 0.4) is 0 Å². The van der Waals surface area contributed by atoms with Gasteiger partial charge < -0.3 is 9.47 Å². The smallest absolute Gasteiger partial charge is 0.162 e. The molecule has 4 heteroatoms. The fourth-order valence-electron chi connectivity index (χ4n) is 2.15. The van der Waals surface area contributed by atoms with Crippen LogP contribution in [0.1, 0.15) is 31.2 Å². The first kappa shape index (κ1) is 13.3. The Kier molecular flexibility index (Phi) is 4.53. The minimum absolute atomic E-state index is 0.347. The number of halogens is 2. The molecule has 0 spiro atoms. The zero-order valence-corrected chi connectivity index (χ0v) is 10.5. The normalized spacial score (nSPS) is 19.2. The van der Waals surface area contributed by atoms with Crippen molar-refractivity contribution in [2.75, 3.05) is 13.2 Å². The molecule has 0 amide bonds. The van der Waals surface area contributed by atoms with Crippen LogP contribution in [0.4, 0.5) is 8.78 Å². The van der Waals surface area contributed by atoms with Gasteiger partial charge in [-0.3, -0.25) is 0 Å². The van der Waals surface area contributed by atoms with E-state index in [1.165, 1.54) is 0 Å². The highest BCUT2D eigenvalue weighted by atomic mass is 19.2. The maximum absolute atomic E-state index is 13.0. The third-order valence-electron chi connectivity index (χ3n) is 3.17. The second kappa shape index (κ2) is 6.14. The molecular formula is C14H18F2O2. The molecular weight excluding hydrogens is 238 g/mol. The van der Waals surface area contributed by atoms with Gasteiger partial charge in [0.2, 0.25) is 0 Å². The molecule has 1 aromatic rings. The van der Waals surface area contributed by atoms with Crippen molar-refractivity contribution in [2.24, 2.45) is 0 Å². The third kappa shape index (κ3) is 3.42. The van der Waals surface area contributed by atoms with Crippen LogP contribution in [0, 0.1) is 18.6 Å². The van der Waals surface area contributed by atoms with Gasteiger partial charge in [-0.2, -0.15) is 0 Å². The summed E-state index contributed by atoms with van der Waals surface area (Å²) in [6, 6.07) is 2.27. The second-order valence-corrected chi connectivity index (χ2v) is 4.66. The van der Waals surface area contributed by atoms with Gasteiger partial charge in [-0.25, -0.2) is 8.78 Å². The van der Waals surface area contributed by atoms with Crippen LogP contribution in [0.15, 0.2) is 12.1 Å². The van der Waals surface area contributed by atoms with Crippen LogP contribution in [-0.4, -0.2) is 19.3 Å². The molecule has 2 nitrogen and oxygen atoms in total. The molecule has 1 heterocycles. The Bertz CT molecular complexity index is 401. The molecule has 1 aliphatic rings. The number of rotatable bonds is 5. The van der Waals surface area contributed by atoms with E-state index in [4.69, 9.17) is 9.47 Å². The molecule has 1 aliphatic heterocycles. The van der Waals surface area contributed by atoms with Gasteiger partial charge in [-0.15, -0.1) is 0 Å². The Morgan fingerprint density at radius 3 is 2.83 bits per heavy atom. The number of aryl methyl sites for hydroxylation is 1. The molecule has 0 aromatic heterocycles. The summed E-state index contributed by atoms with van der Waals surface area (Å²) in [5.74, 6) is -1.28. The van der Waals surface area contributed by atoms with E-state index in [1.54, 1.807) is 6.92 Å². The zero-order valence-electron chi connectivity index (χ0n) is 10.5. The fourth-order valence-corrected chi connectivity index (χ4v) is 2.15. The highest BCUT2D eigenvalue weighted by Gasteiger charge is 2.15. The highest BCUT2D eigenvalue weighted by molar-refractivity contribution is 5.33. The maximum Gasteiger partial charge on any atom is 0.162 e. The summed E-state index contributed by atoms with van der Waals surface area (Å²) in [6.45, 7) is 3.07. The Hall–Kier alpha value is -1.16. The Morgan fingerprint density at radius 1 is 1.33 bits per heavy atom. The third-order valence-corrected chi connectivity index (χ3v) is 3.17. The summed E-state index contributed by atoms with van der Waals surface area (Å²) in [7, 11) is 0. The molecule has 0 aliphatic carbocycles. The van der Waals surface area contributed by atoms with Crippen molar-refractivity contribution < 1.29 is 18.3 Å². The first-order valence-corrected chi connectivity index (χ1v) is 6.37. The lowest BCUT2D eigenvalue weighted by atomic mass is 10.1. The second-order valence-electron chi connectivity index (χ2n) is 4.66. The van der Waals surface area contributed by atoms with Crippen LogP contribution < -0.4 is 4.74 Å². The van der Waals surface area contributed by atoms with Gasteiger partial charge >= 0.3 is 0 Å². The predicted molar refractivity (Wildman–Crippen MR) is 64.8 cm³/mol. The van der Waals surface area contributed by atoms with Crippen molar-refractivity contribution in [3.05, 3.63) is 29.3 Å². The number of ether oxygens (including phenoxy) is 2. The summed E-state index contributed by atoms with van der Waals surface area (Å²) in [5, 5.41) is 0. The fraction of sp³-hybridized carbons (Fsp3) is 0.571. The van der Waals surface area contributed by atoms with E-state index in [0.29, 0.717) is 24.0 Å². The van der Waals surface area contributed by atoms with Crippen LogP contribution in [0.5, 0.6) is 5.75 Å². The molecule has 0 saturated carbocycles. The van der Waals surface area contributed by atoms with Crippen molar-refractivity contribution in [1.82, 2.24) is 0 Å². The first-order chi connectivity index (χ1) is 8.66. The quantitative estimate of drug-likeness (QED) is 0.749. The molecule has 1 atom stereocenters. The average molecular weight is 256 g/mol. The van der Waals surface area contributed by atoms with Gasteiger partial charge in [0, 0.05) is 12.7 Å². The monoisotopic (exact) mass is 256 g/mol. The van der Waals surface area contributed by atoms with Gasteiger partial charge in [0.15, 0.2) is 11.6 Å². The minimum atomic E-state index is -0.866. The molecule has 0 N–H and O–H groups in total. The van der Waals surface area contributed by atoms with Gasteiger partial charge in [0.05, 0.1) is 12.7 Å². The van der Waals surface area contributed by atoms with Gasteiger partial charge in [-0.05, 0) is 44.2 Å². The summed E-state index contributed by atoms with van der Waals surface area (Å²) in [4.78, 5) is 0. The van der Waals surface area contributed by atoms with E-state index in [2.05, 4.69) is 0 Å². The average Bonchev–Trinajstić information content (AvgIpc) is 2.84. The summed E-state index contributed by atoms with van der Waals surface area (Å²) >= 11 is 0. The number of hydrogen-bond acceptors (Lipinski definition) is 2. The van der Waals surface area contributed by atoms with E-state index in [1.807, 2.05) is 0 Å². The lowest BCUT2D eigenvalue weighted by molar-refractivity contribution is 0.0981. The van der Waals surface area contributed by atoms with E-state index in [9.17, 15) is 8.78 Å². The van der Waals surface area contributed by atoms with Crippen LogP contribution >= 0.6 is 0 Å². The van der Waals surface area contributed by atoms with Crippen molar-refractivity contribution in [2.45, 2.75) is 38.7 Å². The predicted octanol–water partition coefficient (Wildman–Crippen LogP) is 3.61. The van der Waals surface area contributed by atoms with E-state index < -0.39 is 11.6 Å². The standard InChI is InChI=1S/C14H18F2O2/c1-10-8-12(15)13(16)9-14(10)18-7-3-5-11-4-2-6-17-11/h8-9,11H,2-7H2,1H3. The van der Waals surface area contributed by atoms with Crippen molar-refractivity contribution in [3.8, 4) is 5.75 Å². The molecule has 0 bridgehead atoms. The molecule has 0 radical (unpaired) electrons. The van der Waals surface area contributed by atoms with Crippen molar-refractivity contribution >= 4 is 0 Å². The van der Waals surface area contributed by atoms with Crippen molar-refractivity contribution in [1.29, 1.82) is 0 Å². The summed E-state index contributed by atoms with van der Waals surface area (Å²) in [6.07, 6.45) is 4.42. The van der Waals surface area contributed by atoms with Crippen LogP contribution in [-0.2, 0) is 4.74 Å². The lowest BCUT2D eigenvalue weighted by Crippen LogP contribution is -2.08. The maximum atomic E-state index is 13.0. The van der Waals surface area contributed by atoms with E-state index in [-0.39, 0.29) is 0 Å². The molecule has 2 rings (SSSR count). The largest absolute Gasteiger partial charge is 0.493 e. The molecule has 1 fully saturated rings. The van der Waals surface area contributed by atoms with Gasteiger partial charge in [0.1, 0.15) is 5.75 Å². The number of benzene rings is 1. The van der Waals surface area contributed by atoms with Crippen LogP contribution in [0.25, 0.3) is 0 Å². The lowest BCUT2D eigenvalue weighted by Gasteiger charge is -2.11. The highest BCUT2D eigenvalue weighted by Crippen LogP contribution is 2.22. The Labute approximate surface area is 106 Å². The summed E-state index contributed by atoms with van der Waals surface area (Å²) in [5.41, 5.74) is 0.617. The number of hydrogen-bond donors (Lipinski definition) is 0. The van der Waals surface area contributed by atoms with E-state index >= 15 is 0 Å². The Balaban J connectivity index is 1.77. The molecule has 1 unspecified atom stereocenters. The van der Waals surface area contributed by atoms with Gasteiger partial charge in [0.25, 0.3) is 0 Å². The van der Waals surface area contributed by atoms with Gasteiger partial charge in [-0.1, -0.05) is 0 Å². The SMILES string of the molecule is Cc1cc(F)c(F)cc1OCCCC1CCCO1. The zero-order chi connectivity index (χ0) is 13.0.